The zero-order valence-electron chi connectivity index (χ0n) is 15.7. The Kier molecular flexibility index (Phi) is 6.32. The van der Waals surface area contributed by atoms with Gasteiger partial charge in [0, 0.05) is 0 Å². The molecule has 0 unspecified atom stereocenters. The summed E-state index contributed by atoms with van der Waals surface area (Å²) in [6.45, 7) is 3.49. The van der Waals surface area contributed by atoms with Crippen molar-refractivity contribution in [1.29, 1.82) is 0 Å². The highest BCUT2D eigenvalue weighted by molar-refractivity contribution is 6.32. The number of halogens is 2. The lowest BCUT2D eigenvalue weighted by Gasteiger charge is -2.19. The van der Waals surface area contributed by atoms with Crippen molar-refractivity contribution in [3.05, 3.63) is 89.2 Å². The van der Waals surface area contributed by atoms with Crippen molar-refractivity contribution in [2.45, 2.75) is 26.0 Å². The first-order chi connectivity index (χ1) is 13.4. The van der Waals surface area contributed by atoms with Gasteiger partial charge in [0.15, 0.2) is 6.10 Å². The normalized spacial score (nSPS) is 12.9. The number of benzene rings is 3. The zero-order chi connectivity index (χ0) is 20.1. The number of hydrogen-bond donors (Lipinski definition) is 1. The maximum absolute atomic E-state index is 13.0. The molecule has 5 heteroatoms. The van der Waals surface area contributed by atoms with E-state index in [1.165, 1.54) is 12.1 Å². The van der Waals surface area contributed by atoms with Crippen LogP contribution in [-0.4, -0.2) is 12.0 Å². The van der Waals surface area contributed by atoms with E-state index in [-0.39, 0.29) is 17.8 Å². The molecule has 144 valence electrons. The van der Waals surface area contributed by atoms with Crippen LogP contribution < -0.4 is 10.1 Å². The summed E-state index contributed by atoms with van der Waals surface area (Å²) in [5.41, 5.74) is 2.84. The van der Waals surface area contributed by atoms with Gasteiger partial charge in [-0.1, -0.05) is 60.1 Å². The molecule has 0 bridgehead atoms. The van der Waals surface area contributed by atoms with Gasteiger partial charge in [0.2, 0.25) is 0 Å². The van der Waals surface area contributed by atoms with Crippen molar-refractivity contribution in [3.8, 4) is 16.9 Å². The number of nitrogens with one attached hydrogen (secondary N) is 1. The maximum atomic E-state index is 13.0. The smallest absolute Gasteiger partial charge is 0.261 e. The molecule has 3 aromatic rings. The van der Waals surface area contributed by atoms with Crippen LogP contribution in [0.3, 0.4) is 0 Å². The molecule has 0 aromatic heterocycles. The average molecular weight is 398 g/mol. The fourth-order valence-corrected chi connectivity index (χ4v) is 3.04. The lowest BCUT2D eigenvalue weighted by atomic mass is 10.1. The zero-order valence-corrected chi connectivity index (χ0v) is 16.4. The average Bonchev–Trinajstić information content (AvgIpc) is 2.70. The van der Waals surface area contributed by atoms with Gasteiger partial charge in [0.25, 0.3) is 5.91 Å². The highest BCUT2D eigenvalue weighted by atomic mass is 35.5. The number of carbonyl (C=O) groups excluding carboxylic acids is 1. The predicted molar refractivity (Wildman–Crippen MR) is 110 cm³/mol. The van der Waals surface area contributed by atoms with E-state index in [4.69, 9.17) is 16.3 Å². The molecule has 0 fully saturated rings. The highest BCUT2D eigenvalue weighted by Gasteiger charge is 2.19. The number of rotatable bonds is 6. The fourth-order valence-electron chi connectivity index (χ4n) is 2.82. The number of ether oxygens (including phenoxy) is 1. The molecule has 0 saturated carbocycles. The molecule has 3 rings (SSSR count). The van der Waals surface area contributed by atoms with Crippen molar-refractivity contribution < 1.29 is 13.9 Å². The third-order valence-electron chi connectivity index (χ3n) is 4.44. The van der Waals surface area contributed by atoms with Crippen LogP contribution in [0, 0.1) is 5.82 Å². The summed E-state index contributed by atoms with van der Waals surface area (Å²) in [4.78, 5) is 12.4. The Morgan fingerprint density at radius 1 is 0.964 bits per heavy atom. The van der Waals surface area contributed by atoms with E-state index in [0.29, 0.717) is 10.8 Å². The number of amides is 1. The Bertz CT molecular complexity index is 945. The van der Waals surface area contributed by atoms with E-state index < -0.39 is 6.10 Å². The first-order valence-electron chi connectivity index (χ1n) is 9.01. The molecule has 0 saturated heterocycles. The van der Waals surface area contributed by atoms with E-state index in [1.54, 1.807) is 25.1 Å². The second-order valence-corrected chi connectivity index (χ2v) is 6.96. The molecule has 0 spiro atoms. The van der Waals surface area contributed by atoms with Crippen LogP contribution in [0.5, 0.6) is 5.75 Å². The van der Waals surface area contributed by atoms with E-state index in [2.05, 4.69) is 5.32 Å². The third-order valence-corrected chi connectivity index (χ3v) is 4.74. The number of hydrogen-bond acceptors (Lipinski definition) is 2. The Morgan fingerprint density at radius 3 is 2.29 bits per heavy atom. The first-order valence-corrected chi connectivity index (χ1v) is 9.39. The van der Waals surface area contributed by atoms with Crippen LogP contribution in [0.15, 0.2) is 72.8 Å². The standard InChI is InChI=1S/C23H21ClFNO2/c1-15(17-8-11-20(25)12-9-17)26-23(27)16(2)28-22-13-10-19(14-21(22)24)18-6-4-3-5-7-18/h3-16H,1-2H3,(H,26,27)/t15-,16-/m1/s1. The van der Waals surface area contributed by atoms with Crippen molar-refractivity contribution in [1.82, 2.24) is 5.32 Å². The molecular formula is C23H21ClFNO2. The summed E-state index contributed by atoms with van der Waals surface area (Å²) in [5.74, 6) is -0.147. The van der Waals surface area contributed by atoms with E-state index in [0.717, 1.165) is 16.7 Å². The van der Waals surface area contributed by atoms with Crippen LogP contribution in [-0.2, 0) is 4.79 Å². The minimum atomic E-state index is -0.733. The summed E-state index contributed by atoms with van der Waals surface area (Å²) in [7, 11) is 0. The molecule has 3 aromatic carbocycles. The summed E-state index contributed by atoms with van der Waals surface area (Å²) < 4.78 is 18.8. The summed E-state index contributed by atoms with van der Waals surface area (Å²) in [6, 6.07) is 21.1. The molecule has 1 N–H and O–H groups in total. The molecule has 28 heavy (non-hydrogen) atoms. The van der Waals surface area contributed by atoms with Gasteiger partial charge in [-0.2, -0.15) is 0 Å². The van der Waals surface area contributed by atoms with Crippen molar-refractivity contribution in [2.24, 2.45) is 0 Å². The van der Waals surface area contributed by atoms with Crippen molar-refractivity contribution >= 4 is 17.5 Å². The maximum Gasteiger partial charge on any atom is 0.261 e. The van der Waals surface area contributed by atoms with Gasteiger partial charge in [-0.15, -0.1) is 0 Å². The lowest BCUT2D eigenvalue weighted by molar-refractivity contribution is -0.127. The molecular weight excluding hydrogens is 377 g/mol. The van der Waals surface area contributed by atoms with Crippen LogP contribution in [0.25, 0.3) is 11.1 Å². The lowest BCUT2D eigenvalue weighted by Crippen LogP contribution is -2.37. The molecule has 0 aliphatic rings. The van der Waals surface area contributed by atoms with Crippen molar-refractivity contribution in [2.75, 3.05) is 0 Å². The van der Waals surface area contributed by atoms with Crippen LogP contribution in [0.2, 0.25) is 5.02 Å². The van der Waals surface area contributed by atoms with E-state index in [1.807, 2.05) is 49.4 Å². The van der Waals surface area contributed by atoms with Crippen LogP contribution >= 0.6 is 11.6 Å². The quantitative estimate of drug-likeness (QED) is 0.571. The van der Waals surface area contributed by atoms with Crippen LogP contribution in [0.4, 0.5) is 4.39 Å². The Hall–Kier alpha value is -2.85. The van der Waals surface area contributed by atoms with Gasteiger partial charge in [-0.05, 0) is 54.8 Å². The summed E-state index contributed by atoms with van der Waals surface area (Å²) >= 11 is 6.35. The molecule has 0 radical (unpaired) electrons. The van der Waals surface area contributed by atoms with Crippen molar-refractivity contribution in [3.63, 3.8) is 0 Å². The monoisotopic (exact) mass is 397 g/mol. The first kappa shape index (κ1) is 19.9. The summed E-state index contributed by atoms with van der Waals surface area (Å²) in [5, 5.41) is 3.30. The third kappa shape index (κ3) is 4.90. The molecule has 0 heterocycles. The minimum absolute atomic E-state index is 0.268. The van der Waals surface area contributed by atoms with Gasteiger partial charge in [-0.3, -0.25) is 4.79 Å². The summed E-state index contributed by atoms with van der Waals surface area (Å²) in [6.07, 6.45) is -0.733. The van der Waals surface area contributed by atoms with Gasteiger partial charge >= 0.3 is 0 Å². The predicted octanol–water partition coefficient (Wildman–Crippen LogP) is 5.79. The van der Waals surface area contributed by atoms with Gasteiger partial charge in [0.05, 0.1) is 11.1 Å². The molecule has 1 amide bonds. The fraction of sp³-hybridized carbons (Fsp3) is 0.174. The topological polar surface area (TPSA) is 38.3 Å². The Labute approximate surface area is 169 Å². The van der Waals surface area contributed by atoms with Gasteiger partial charge < -0.3 is 10.1 Å². The largest absolute Gasteiger partial charge is 0.479 e. The van der Waals surface area contributed by atoms with E-state index in [9.17, 15) is 9.18 Å². The molecule has 2 atom stereocenters. The molecule has 0 aliphatic carbocycles. The Balaban J connectivity index is 1.64. The second-order valence-electron chi connectivity index (χ2n) is 6.55. The van der Waals surface area contributed by atoms with Gasteiger partial charge in [-0.25, -0.2) is 4.39 Å². The Morgan fingerprint density at radius 2 is 1.64 bits per heavy atom. The highest BCUT2D eigenvalue weighted by Crippen LogP contribution is 2.31. The minimum Gasteiger partial charge on any atom is -0.479 e. The SMILES string of the molecule is C[C@@H](Oc1ccc(-c2ccccc2)cc1Cl)C(=O)N[C@H](C)c1ccc(F)cc1. The number of carbonyl (C=O) groups is 1. The van der Waals surface area contributed by atoms with Crippen LogP contribution in [0.1, 0.15) is 25.5 Å². The molecule has 0 aliphatic heterocycles. The molecule has 3 nitrogen and oxygen atoms in total. The van der Waals surface area contributed by atoms with Gasteiger partial charge in [0.1, 0.15) is 11.6 Å². The second kappa shape index (κ2) is 8.89. The van der Waals surface area contributed by atoms with E-state index >= 15 is 0 Å².